The molecule has 0 saturated carbocycles. The first-order valence-corrected chi connectivity index (χ1v) is 5.03. The summed E-state index contributed by atoms with van der Waals surface area (Å²) in [6, 6.07) is 3.54. The van der Waals surface area contributed by atoms with Crippen molar-refractivity contribution in [3.8, 4) is 5.88 Å². The third kappa shape index (κ3) is 2.59. The van der Waals surface area contributed by atoms with Crippen LogP contribution in [-0.2, 0) is 4.79 Å². The molecule has 1 aromatic heterocycles. The minimum atomic E-state index is -0.896. The summed E-state index contributed by atoms with van der Waals surface area (Å²) in [6.45, 7) is 3.53. The van der Waals surface area contributed by atoms with Crippen LogP contribution in [0.5, 0.6) is 5.88 Å². The van der Waals surface area contributed by atoms with E-state index in [9.17, 15) is 4.79 Å². The van der Waals surface area contributed by atoms with Gasteiger partial charge in [0, 0.05) is 17.8 Å². The van der Waals surface area contributed by atoms with E-state index in [4.69, 9.17) is 9.84 Å². The molecule has 0 aromatic carbocycles. The summed E-state index contributed by atoms with van der Waals surface area (Å²) in [5, 5.41) is 8.94. The number of ether oxygens (including phenoxy) is 1. The van der Waals surface area contributed by atoms with Gasteiger partial charge >= 0.3 is 5.97 Å². The lowest BCUT2D eigenvalue weighted by atomic mass is 10.00. The minimum Gasteiger partial charge on any atom is -0.481 e. The fraction of sp³-hybridized carbons (Fsp3) is 0.333. The quantitative estimate of drug-likeness (QED) is 0.793. The molecule has 0 saturated heterocycles. The lowest BCUT2D eigenvalue weighted by Gasteiger charge is -2.08. The summed E-state index contributed by atoms with van der Waals surface area (Å²) in [5.41, 5.74) is 1.97. The first-order valence-electron chi connectivity index (χ1n) is 5.03. The number of carboxylic acid groups (broad SMARTS) is 1. The number of methoxy groups -OCH3 is 1. The van der Waals surface area contributed by atoms with Crippen LogP contribution in [0.1, 0.15) is 25.8 Å². The molecule has 0 aliphatic carbocycles. The van der Waals surface area contributed by atoms with Crippen LogP contribution in [0, 0.1) is 0 Å². The summed E-state index contributed by atoms with van der Waals surface area (Å²) < 4.78 is 4.95. The van der Waals surface area contributed by atoms with E-state index in [-0.39, 0.29) is 0 Å². The molecule has 1 rings (SSSR count). The molecule has 1 N–H and O–H groups in total. The molecule has 0 fully saturated rings. The third-order valence-electron chi connectivity index (χ3n) is 2.42. The first kappa shape index (κ1) is 12.2. The molecular weight excluding hydrogens is 206 g/mol. The van der Waals surface area contributed by atoms with Crippen molar-refractivity contribution in [2.75, 3.05) is 7.11 Å². The average Bonchev–Trinajstić information content (AvgIpc) is 2.30. The van der Waals surface area contributed by atoms with Crippen molar-refractivity contribution in [3.63, 3.8) is 0 Å². The highest BCUT2D eigenvalue weighted by Crippen LogP contribution is 2.22. The number of hydrogen-bond acceptors (Lipinski definition) is 3. The van der Waals surface area contributed by atoms with Crippen LogP contribution in [0.4, 0.5) is 0 Å². The standard InChI is InChI=1S/C12H15NO3/c1-4-10(8(2)12(14)15)9-5-6-11(16-3)13-7-9/h5-7H,4H2,1-3H3,(H,14,15)/b10-8+. The normalized spacial score (nSPS) is 11.9. The van der Waals surface area contributed by atoms with Crippen LogP contribution < -0.4 is 4.74 Å². The van der Waals surface area contributed by atoms with Gasteiger partial charge in [-0.25, -0.2) is 9.78 Å². The second kappa shape index (κ2) is 5.30. The number of nitrogens with zero attached hydrogens (tertiary/aromatic N) is 1. The van der Waals surface area contributed by atoms with E-state index in [0.29, 0.717) is 17.9 Å². The van der Waals surface area contributed by atoms with Crippen LogP contribution in [0.15, 0.2) is 23.9 Å². The molecule has 0 spiro atoms. The van der Waals surface area contributed by atoms with Crippen molar-refractivity contribution in [2.24, 2.45) is 0 Å². The van der Waals surface area contributed by atoms with Crippen molar-refractivity contribution in [1.82, 2.24) is 4.98 Å². The van der Waals surface area contributed by atoms with E-state index in [1.54, 1.807) is 26.3 Å². The average molecular weight is 221 g/mol. The molecule has 0 aliphatic heterocycles. The van der Waals surface area contributed by atoms with Crippen molar-refractivity contribution >= 4 is 11.5 Å². The molecule has 0 amide bonds. The van der Waals surface area contributed by atoms with Crippen LogP contribution in [0.25, 0.3) is 5.57 Å². The molecule has 1 aromatic rings. The molecular formula is C12H15NO3. The van der Waals surface area contributed by atoms with Gasteiger partial charge in [-0.2, -0.15) is 0 Å². The second-order valence-corrected chi connectivity index (χ2v) is 3.35. The van der Waals surface area contributed by atoms with Gasteiger partial charge in [-0.1, -0.05) is 6.92 Å². The zero-order valence-electron chi connectivity index (χ0n) is 9.65. The summed E-state index contributed by atoms with van der Waals surface area (Å²) in [6.07, 6.45) is 2.29. The Kier molecular flexibility index (Phi) is 4.05. The monoisotopic (exact) mass is 221 g/mol. The van der Waals surface area contributed by atoms with Gasteiger partial charge in [0.15, 0.2) is 0 Å². The van der Waals surface area contributed by atoms with Crippen molar-refractivity contribution < 1.29 is 14.6 Å². The van der Waals surface area contributed by atoms with Crippen LogP contribution in [-0.4, -0.2) is 23.2 Å². The number of carbonyl (C=O) groups is 1. The molecule has 0 unspecified atom stereocenters. The largest absolute Gasteiger partial charge is 0.481 e. The third-order valence-corrected chi connectivity index (χ3v) is 2.42. The predicted molar refractivity (Wildman–Crippen MR) is 61.3 cm³/mol. The topological polar surface area (TPSA) is 59.4 Å². The number of aromatic nitrogens is 1. The van der Waals surface area contributed by atoms with Gasteiger partial charge < -0.3 is 9.84 Å². The zero-order chi connectivity index (χ0) is 12.1. The van der Waals surface area contributed by atoms with Gasteiger partial charge in [-0.3, -0.25) is 0 Å². The van der Waals surface area contributed by atoms with E-state index in [1.165, 1.54) is 0 Å². The van der Waals surface area contributed by atoms with E-state index in [1.807, 2.05) is 13.0 Å². The van der Waals surface area contributed by atoms with E-state index >= 15 is 0 Å². The SMILES string of the molecule is CC/C(=C(/C)C(=O)O)c1ccc(OC)nc1. The molecule has 0 atom stereocenters. The Morgan fingerprint density at radius 3 is 2.56 bits per heavy atom. The number of aliphatic carboxylic acids is 1. The molecule has 16 heavy (non-hydrogen) atoms. The lowest BCUT2D eigenvalue weighted by Crippen LogP contribution is -2.01. The molecule has 0 bridgehead atoms. The molecule has 0 aliphatic rings. The fourth-order valence-corrected chi connectivity index (χ4v) is 1.49. The van der Waals surface area contributed by atoms with Crippen molar-refractivity contribution in [2.45, 2.75) is 20.3 Å². The number of hydrogen-bond donors (Lipinski definition) is 1. The maximum Gasteiger partial charge on any atom is 0.331 e. The molecule has 4 heteroatoms. The van der Waals surface area contributed by atoms with E-state index in [2.05, 4.69) is 4.98 Å². The highest BCUT2D eigenvalue weighted by atomic mass is 16.5. The van der Waals surface area contributed by atoms with E-state index in [0.717, 1.165) is 11.1 Å². The van der Waals surface area contributed by atoms with Crippen LogP contribution in [0.3, 0.4) is 0 Å². The van der Waals surface area contributed by atoms with Crippen molar-refractivity contribution in [1.29, 1.82) is 0 Å². The van der Waals surface area contributed by atoms with Gasteiger partial charge in [-0.05, 0) is 30.5 Å². The summed E-state index contributed by atoms with van der Waals surface area (Å²) in [5.74, 6) is -0.375. The Morgan fingerprint density at radius 1 is 1.50 bits per heavy atom. The summed E-state index contributed by atoms with van der Waals surface area (Å²) in [7, 11) is 1.54. The lowest BCUT2D eigenvalue weighted by molar-refractivity contribution is -0.132. The predicted octanol–water partition coefficient (Wildman–Crippen LogP) is 2.36. The highest BCUT2D eigenvalue weighted by Gasteiger charge is 2.10. The van der Waals surface area contributed by atoms with Crippen LogP contribution >= 0.6 is 0 Å². The van der Waals surface area contributed by atoms with Gasteiger partial charge in [0.2, 0.25) is 5.88 Å². The Hall–Kier alpha value is -1.84. The number of rotatable bonds is 4. The zero-order valence-corrected chi connectivity index (χ0v) is 9.65. The Morgan fingerprint density at radius 2 is 2.19 bits per heavy atom. The number of allylic oxidation sites excluding steroid dienone is 1. The summed E-state index contributed by atoms with van der Waals surface area (Å²) >= 11 is 0. The van der Waals surface area contributed by atoms with Crippen molar-refractivity contribution in [3.05, 3.63) is 29.5 Å². The molecule has 86 valence electrons. The second-order valence-electron chi connectivity index (χ2n) is 3.35. The van der Waals surface area contributed by atoms with Gasteiger partial charge in [0.05, 0.1) is 7.11 Å². The molecule has 1 heterocycles. The smallest absolute Gasteiger partial charge is 0.331 e. The Balaban J connectivity index is 3.14. The number of pyridine rings is 1. The van der Waals surface area contributed by atoms with E-state index < -0.39 is 5.97 Å². The van der Waals surface area contributed by atoms with Crippen LogP contribution in [0.2, 0.25) is 0 Å². The Bertz CT molecular complexity index is 407. The molecule has 4 nitrogen and oxygen atoms in total. The van der Waals surface area contributed by atoms with Gasteiger partial charge in [-0.15, -0.1) is 0 Å². The maximum absolute atomic E-state index is 10.9. The summed E-state index contributed by atoms with van der Waals surface area (Å²) in [4.78, 5) is 15.0. The first-order chi connectivity index (χ1) is 7.60. The fourth-order valence-electron chi connectivity index (χ4n) is 1.49. The Labute approximate surface area is 94.6 Å². The minimum absolute atomic E-state index is 0.356. The maximum atomic E-state index is 10.9. The van der Waals surface area contributed by atoms with Gasteiger partial charge in [0.1, 0.15) is 0 Å². The molecule has 0 radical (unpaired) electrons. The van der Waals surface area contributed by atoms with Gasteiger partial charge in [0.25, 0.3) is 0 Å². The number of carboxylic acids is 1. The highest BCUT2D eigenvalue weighted by molar-refractivity contribution is 5.95.